The second-order valence-electron chi connectivity index (χ2n) is 27.6. The number of carboxylic acid groups (broad SMARTS) is 1. The van der Waals surface area contributed by atoms with Crippen LogP contribution in [0.1, 0.15) is 92.9 Å². The third kappa shape index (κ3) is 32.4. The number of rotatable bonds is 24. The Morgan fingerprint density at radius 1 is 0.564 bits per heavy atom. The summed E-state index contributed by atoms with van der Waals surface area (Å²) in [5.74, 6) is 2.61. The van der Waals surface area contributed by atoms with E-state index in [-0.39, 0.29) is 81.2 Å². The number of aryl methyl sites for hydroxylation is 1. The number of pyridine rings is 3. The minimum Gasteiger partial charge on any atom is -0.477 e. The number of hydrogen-bond acceptors (Lipinski definition) is 26. The Labute approximate surface area is 690 Å². The molecule has 0 radical (unpaired) electrons. The summed E-state index contributed by atoms with van der Waals surface area (Å²) in [6, 6.07) is 39.7. The smallest absolute Gasteiger partial charge is 0.354 e. The highest BCUT2D eigenvalue weighted by Crippen LogP contribution is 2.35. The van der Waals surface area contributed by atoms with E-state index in [1.807, 2.05) is 48.0 Å². The van der Waals surface area contributed by atoms with Crippen LogP contribution in [-0.2, 0) is 32.1 Å². The highest BCUT2D eigenvalue weighted by atomic mass is 32.2. The molecule has 117 heavy (non-hydrogen) atoms. The number of thioether (sulfide) groups is 1. The number of nitro groups is 2. The molecule has 5 aromatic carbocycles. The summed E-state index contributed by atoms with van der Waals surface area (Å²) in [7, 11) is 5.17. The van der Waals surface area contributed by atoms with Gasteiger partial charge in [-0.05, 0) is 113 Å². The number of anilines is 6. The molecule has 0 aliphatic carbocycles. The Morgan fingerprint density at radius 2 is 0.983 bits per heavy atom. The molecule has 4 amide bonds. The molecular weight excluding hydrogens is 1520 g/mol. The van der Waals surface area contributed by atoms with Crippen LogP contribution < -0.4 is 57.2 Å². The molecule has 0 bridgehead atoms. The van der Waals surface area contributed by atoms with Gasteiger partial charge in [0.2, 0.25) is 5.95 Å². The zero-order chi connectivity index (χ0) is 81.3. The standard InChI is InChI=1S/C30H37N7O3.C19H24N6O5.C13H11N3O5.C11H13NS.C6H14N2O.4CH4/c1-30(2,3)21-6-5-7-22(18-21)33-28-34-25-19-23(8-9-26(25)36(28)4)40-24-10-11-31-27(20-24)35-29(38)32-12-13-37-14-16-39-17-15-37;1-20-16-3-2-14(12-17(16)25(27)28)30-15-4-5-21-18(13-15)23-19(26)22-6-7-24-8-10-29-11-9-24;1-14-10-3-2-8(7-12(10)16(19)20)21-9-4-5-15-11(6-9)13(17)18;1-11(2,3)9-5-4-6-10(7-9)13-8-12;7-1-2-8-3-5-9-6-4-8;;;;/h5-11,18-20H,12-17H2,1-4H3,(H,33,34)(H2,31,32,35,38);2-5,12-13,20H,6-11H2,1H3,(H2,21,22,23,26);2-7,14H,1H3,(H,17,18);4-7H,1-3H3;1-7H2;4*1H4. The number of carbonyl (C=O) groups excluding carboxylic acids is 2. The fourth-order valence-corrected chi connectivity index (χ4v) is 11.7. The summed E-state index contributed by atoms with van der Waals surface area (Å²) in [6.07, 6.45) is 4.37. The number of morpholine rings is 3. The van der Waals surface area contributed by atoms with Gasteiger partial charge in [-0.3, -0.25) is 45.6 Å². The van der Waals surface area contributed by atoms with Gasteiger partial charge in [-0.1, -0.05) is 95.5 Å². The van der Waals surface area contributed by atoms with E-state index < -0.39 is 15.8 Å². The molecule has 0 unspecified atom stereocenters. The molecule has 10 N–H and O–H groups in total. The number of amides is 4. The van der Waals surface area contributed by atoms with Crippen LogP contribution in [0.15, 0.2) is 163 Å². The first-order valence-electron chi connectivity index (χ1n) is 36.6. The normalized spacial score (nSPS) is 13.2. The van der Waals surface area contributed by atoms with Crippen LogP contribution in [0, 0.1) is 30.9 Å². The zero-order valence-electron chi connectivity index (χ0n) is 64.9. The average molecular weight is 1640 g/mol. The van der Waals surface area contributed by atoms with Crippen molar-refractivity contribution in [1.29, 1.82) is 5.26 Å². The lowest BCUT2D eigenvalue weighted by Gasteiger charge is -2.26. The first kappa shape index (κ1) is 97.6. The number of thiocyanates is 1. The molecule has 4 aromatic heterocycles. The van der Waals surface area contributed by atoms with Gasteiger partial charge in [0.05, 0.1) is 72.7 Å². The lowest BCUT2D eigenvalue weighted by atomic mass is 9.87. The van der Waals surface area contributed by atoms with Gasteiger partial charge in [-0.15, -0.1) is 0 Å². The minimum atomic E-state index is -1.18. The summed E-state index contributed by atoms with van der Waals surface area (Å²) in [5.41, 5.74) is 11.2. The van der Waals surface area contributed by atoms with E-state index >= 15 is 0 Å². The van der Waals surface area contributed by atoms with Gasteiger partial charge >= 0.3 is 18.0 Å². The van der Waals surface area contributed by atoms with Crippen molar-refractivity contribution in [3.8, 4) is 39.9 Å². The van der Waals surface area contributed by atoms with Crippen molar-refractivity contribution in [2.45, 2.75) is 87.0 Å². The number of nitrogens with one attached hydrogen (secondary N) is 7. The number of nitro benzene ring substituents is 2. The number of carboxylic acids is 1. The molecule has 632 valence electrons. The van der Waals surface area contributed by atoms with Crippen LogP contribution in [0.25, 0.3) is 11.0 Å². The molecule has 3 aliphatic rings. The molecule has 9 aromatic rings. The van der Waals surface area contributed by atoms with Gasteiger partial charge in [-0.2, -0.15) is 5.26 Å². The summed E-state index contributed by atoms with van der Waals surface area (Å²) in [6.45, 7) is 27.7. The van der Waals surface area contributed by atoms with Gasteiger partial charge in [-0.25, -0.2) is 34.3 Å². The Bertz CT molecular complexity index is 4650. The highest BCUT2D eigenvalue weighted by Gasteiger charge is 2.21. The fraction of sp³-hybridized carbons (Fsp3) is 0.398. The number of aromatic nitrogens is 5. The van der Waals surface area contributed by atoms with Crippen LogP contribution in [0.2, 0.25) is 0 Å². The van der Waals surface area contributed by atoms with Crippen molar-refractivity contribution in [2.24, 2.45) is 12.8 Å². The fourth-order valence-electron chi connectivity index (χ4n) is 11.2. The van der Waals surface area contributed by atoms with Crippen LogP contribution in [0.3, 0.4) is 0 Å². The molecule has 12 rings (SSSR count). The Balaban J connectivity index is 0.000000330. The molecule has 3 aliphatic heterocycles. The summed E-state index contributed by atoms with van der Waals surface area (Å²) >= 11 is 1.21. The molecular formula is C83H115N19O14S. The van der Waals surface area contributed by atoms with Crippen molar-refractivity contribution in [2.75, 3.05) is 159 Å². The van der Waals surface area contributed by atoms with Crippen LogP contribution >= 0.6 is 11.8 Å². The number of imidazole rings is 1. The second-order valence-corrected chi connectivity index (χ2v) is 28.5. The van der Waals surface area contributed by atoms with E-state index in [0.29, 0.717) is 72.3 Å². The topological polar surface area (TPSA) is 413 Å². The molecule has 3 fully saturated rings. The number of ether oxygens (including phenoxy) is 6. The van der Waals surface area contributed by atoms with Crippen LogP contribution in [0.5, 0.6) is 34.5 Å². The molecule has 3 saturated heterocycles. The van der Waals surface area contributed by atoms with Crippen LogP contribution in [-0.4, -0.2) is 204 Å². The quantitative estimate of drug-likeness (QED) is 0.0117. The van der Waals surface area contributed by atoms with E-state index in [0.717, 1.165) is 119 Å². The maximum Gasteiger partial charge on any atom is 0.354 e. The number of nitriles is 1. The summed E-state index contributed by atoms with van der Waals surface area (Å²) < 4.78 is 35.0. The third-order valence-corrected chi connectivity index (χ3v) is 17.9. The minimum absolute atomic E-state index is 0. The van der Waals surface area contributed by atoms with Crippen LogP contribution in [0.4, 0.5) is 55.6 Å². The number of nitrogens with two attached hydrogens (primary N) is 1. The highest BCUT2D eigenvalue weighted by molar-refractivity contribution is 8.03. The number of hydrogen-bond donors (Lipinski definition) is 9. The first-order valence-corrected chi connectivity index (χ1v) is 37.4. The van der Waals surface area contributed by atoms with Gasteiger partial charge in [0, 0.05) is 153 Å². The largest absolute Gasteiger partial charge is 0.477 e. The zero-order valence-corrected chi connectivity index (χ0v) is 65.7. The lowest BCUT2D eigenvalue weighted by molar-refractivity contribution is -0.384. The number of aromatic carboxylic acids is 1. The maximum atomic E-state index is 12.3. The molecule has 34 heteroatoms. The van der Waals surface area contributed by atoms with Crippen molar-refractivity contribution in [3.63, 3.8) is 0 Å². The van der Waals surface area contributed by atoms with Gasteiger partial charge in [0.15, 0.2) is 5.69 Å². The molecule has 0 atom stereocenters. The first-order chi connectivity index (χ1) is 54.3. The van der Waals surface area contributed by atoms with Gasteiger partial charge in [0.25, 0.3) is 11.4 Å². The molecule has 0 spiro atoms. The molecule has 7 heterocycles. The van der Waals surface area contributed by atoms with Crippen molar-refractivity contribution in [3.05, 3.63) is 195 Å². The van der Waals surface area contributed by atoms with E-state index in [1.165, 1.54) is 65.6 Å². The second kappa shape index (κ2) is 49.2. The number of urea groups is 2. The summed E-state index contributed by atoms with van der Waals surface area (Å²) in [5, 5.41) is 61.6. The number of carbonyl (C=O) groups is 3. The number of fused-ring (bicyclic) bond motifs is 1. The lowest BCUT2D eigenvalue weighted by Crippen LogP contribution is -2.42. The molecule has 0 saturated carbocycles. The van der Waals surface area contributed by atoms with Crippen molar-refractivity contribution >= 4 is 86.8 Å². The van der Waals surface area contributed by atoms with Crippen molar-refractivity contribution in [1.82, 2.24) is 49.8 Å². The predicted molar refractivity (Wildman–Crippen MR) is 463 cm³/mol. The average Bonchev–Trinajstić information content (AvgIpc) is 1.65. The number of nitrogens with zero attached hydrogens (tertiary/aromatic N) is 11. The van der Waals surface area contributed by atoms with E-state index in [2.05, 4.69) is 144 Å². The molecule has 33 nitrogen and oxygen atoms in total. The third-order valence-electron chi connectivity index (χ3n) is 17.4. The van der Waals surface area contributed by atoms with E-state index in [4.69, 9.17) is 49.5 Å². The monoisotopic (exact) mass is 1630 g/mol. The van der Waals surface area contributed by atoms with Gasteiger partial charge in [0.1, 0.15) is 62.9 Å². The summed E-state index contributed by atoms with van der Waals surface area (Å²) in [4.78, 5) is 81.0. The Kier molecular flexibility index (Phi) is 41.0. The predicted octanol–water partition coefficient (Wildman–Crippen LogP) is 15.4. The Morgan fingerprint density at radius 3 is 1.42 bits per heavy atom. The van der Waals surface area contributed by atoms with E-state index in [9.17, 15) is 34.6 Å². The SMILES string of the molecule is C.C.C.C.CC(C)(C)c1cccc(SC#N)c1.CNc1ccc(Oc2ccnc(C(=O)O)c2)cc1[N+](=O)[O-].CNc1ccc(Oc2ccnc(NC(=O)NCCN3CCOCC3)c2)cc1[N+](=O)[O-].Cn1c(Nc2cccc(C(C)(C)C)c2)nc2cc(Oc3ccnc(NC(=O)NCCN4CCOCC4)c3)ccc21.NCCN1CCOCC1. The van der Waals surface area contributed by atoms with Gasteiger partial charge < -0.3 is 70.4 Å². The van der Waals surface area contributed by atoms with E-state index in [1.54, 1.807) is 62.8 Å². The van der Waals surface area contributed by atoms with Crippen molar-refractivity contribution < 1.29 is 57.8 Å². The maximum absolute atomic E-state index is 12.3. The number of benzene rings is 5. The Hall–Kier alpha value is -11.8.